The van der Waals surface area contributed by atoms with Crippen LogP contribution in [0.5, 0.6) is 0 Å². The van der Waals surface area contributed by atoms with Crippen LogP contribution in [-0.4, -0.2) is 23.3 Å². The second-order valence-corrected chi connectivity index (χ2v) is 7.39. The third-order valence-electron chi connectivity index (χ3n) is 3.17. The molecule has 1 aliphatic heterocycles. The van der Waals surface area contributed by atoms with Crippen LogP contribution >= 0.6 is 34.4 Å². The summed E-state index contributed by atoms with van der Waals surface area (Å²) in [6.07, 6.45) is 0. The molecule has 2 atom stereocenters. The van der Waals surface area contributed by atoms with Crippen molar-refractivity contribution in [2.45, 2.75) is 17.9 Å². The quantitative estimate of drug-likeness (QED) is 0.881. The van der Waals surface area contributed by atoms with Crippen molar-refractivity contribution in [1.82, 2.24) is 4.98 Å². The minimum Gasteiger partial charge on any atom is -0.466 e. The Balaban J connectivity index is 2.04. The highest BCUT2D eigenvalue weighted by Crippen LogP contribution is 2.46. The lowest BCUT2D eigenvalue weighted by Gasteiger charge is -2.28. The third kappa shape index (κ3) is 2.45. The standard InChI is InChI=1S/C13H13NO3S3/c1-2-17-12(15)7-6-19-11-10(20-13(16)14-11)9(7)8-4-3-5-18-8/h3-5,7,9H,2,6H2,1H3,(H,14,16)/t7-,9-/m0/s1. The van der Waals surface area contributed by atoms with Crippen molar-refractivity contribution in [2.24, 2.45) is 5.92 Å². The molecule has 0 fully saturated rings. The summed E-state index contributed by atoms with van der Waals surface area (Å²) < 4.78 is 5.20. The van der Waals surface area contributed by atoms with Gasteiger partial charge in [-0.3, -0.25) is 9.59 Å². The average Bonchev–Trinajstić information content (AvgIpc) is 3.05. The first-order chi connectivity index (χ1) is 9.70. The highest BCUT2D eigenvalue weighted by atomic mass is 32.2. The van der Waals surface area contributed by atoms with Gasteiger partial charge in [-0.15, -0.1) is 23.1 Å². The number of H-pyrrole nitrogens is 1. The normalized spacial score (nSPS) is 21.4. The zero-order valence-electron chi connectivity index (χ0n) is 10.8. The van der Waals surface area contributed by atoms with Crippen molar-refractivity contribution in [1.29, 1.82) is 0 Å². The lowest BCUT2D eigenvalue weighted by atomic mass is 9.91. The topological polar surface area (TPSA) is 59.2 Å². The van der Waals surface area contributed by atoms with Crippen LogP contribution in [0, 0.1) is 5.92 Å². The van der Waals surface area contributed by atoms with Crippen LogP contribution in [0.3, 0.4) is 0 Å². The molecule has 2 aromatic heterocycles. The van der Waals surface area contributed by atoms with Gasteiger partial charge < -0.3 is 9.72 Å². The molecular weight excluding hydrogens is 314 g/mol. The number of rotatable bonds is 3. The monoisotopic (exact) mass is 327 g/mol. The molecule has 4 nitrogen and oxygen atoms in total. The molecule has 0 unspecified atom stereocenters. The van der Waals surface area contributed by atoms with Gasteiger partial charge in [0.25, 0.3) is 0 Å². The van der Waals surface area contributed by atoms with Crippen LogP contribution in [0.15, 0.2) is 27.3 Å². The molecular formula is C13H13NO3S3. The SMILES string of the molecule is CCOC(=O)[C@H]1CSc2[nH]c(=O)sc2[C@@H]1c1cccs1. The number of nitrogens with one attached hydrogen (secondary N) is 1. The number of thiophene rings is 1. The minimum absolute atomic E-state index is 0.0609. The summed E-state index contributed by atoms with van der Waals surface area (Å²) in [6.45, 7) is 2.20. The predicted molar refractivity (Wildman–Crippen MR) is 81.9 cm³/mol. The van der Waals surface area contributed by atoms with E-state index >= 15 is 0 Å². The van der Waals surface area contributed by atoms with E-state index in [1.165, 1.54) is 23.1 Å². The first-order valence-corrected chi connectivity index (χ1v) is 8.94. The van der Waals surface area contributed by atoms with Crippen molar-refractivity contribution in [3.63, 3.8) is 0 Å². The number of hydrogen-bond acceptors (Lipinski definition) is 6. The lowest BCUT2D eigenvalue weighted by Crippen LogP contribution is -2.29. The van der Waals surface area contributed by atoms with E-state index in [1.807, 2.05) is 24.4 Å². The van der Waals surface area contributed by atoms with Crippen molar-refractivity contribution in [3.8, 4) is 0 Å². The fourth-order valence-electron chi connectivity index (χ4n) is 2.34. The average molecular weight is 327 g/mol. The Kier molecular flexibility index (Phi) is 4.00. The first kappa shape index (κ1) is 13.9. The molecule has 0 aliphatic carbocycles. The van der Waals surface area contributed by atoms with Crippen LogP contribution in [0.25, 0.3) is 0 Å². The molecule has 0 spiro atoms. The fraction of sp³-hybridized carbons (Fsp3) is 0.385. The largest absolute Gasteiger partial charge is 0.466 e. The predicted octanol–water partition coefficient (Wildman–Crippen LogP) is 2.91. The van der Waals surface area contributed by atoms with Crippen molar-refractivity contribution in [2.75, 3.05) is 12.4 Å². The Morgan fingerprint density at radius 3 is 3.10 bits per heavy atom. The minimum atomic E-state index is -0.224. The molecule has 7 heteroatoms. The van der Waals surface area contributed by atoms with E-state index in [1.54, 1.807) is 11.3 Å². The Morgan fingerprint density at radius 1 is 1.55 bits per heavy atom. The second-order valence-electron chi connectivity index (χ2n) is 4.37. The van der Waals surface area contributed by atoms with Crippen LogP contribution in [0.1, 0.15) is 22.6 Å². The number of esters is 1. The van der Waals surface area contributed by atoms with Crippen LogP contribution in [-0.2, 0) is 9.53 Å². The molecule has 0 bridgehead atoms. The number of aromatic nitrogens is 1. The summed E-state index contributed by atoms with van der Waals surface area (Å²) in [6, 6.07) is 3.99. The summed E-state index contributed by atoms with van der Waals surface area (Å²) in [5.41, 5.74) is 0. The lowest BCUT2D eigenvalue weighted by molar-refractivity contribution is -0.147. The number of carbonyl (C=O) groups excluding carboxylic acids is 1. The van der Waals surface area contributed by atoms with Gasteiger partial charge in [0.1, 0.15) is 0 Å². The zero-order valence-corrected chi connectivity index (χ0v) is 13.2. The fourth-order valence-corrected chi connectivity index (χ4v) is 5.70. The summed E-state index contributed by atoms with van der Waals surface area (Å²) in [5, 5.41) is 2.90. The zero-order chi connectivity index (χ0) is 14.1. The molecule has 1 N–H and O–H groups in total. The Morgan fingerprint density at radius 2 is 2.40 bits per heavy atom. The van der Waals surface area contributed by atoms with Gasteiger partial charge in [0.2, 0.25) is 0 Å². The second kappa shape index (κ2) is 5.75. The number of fused-ring (bicyclic) bond motifs is 1. The number of hydrogen-bond donors (Lipinski definition) is 1. The van der Waals surface area contributed by atoms with Crippen LogP contribution in [0.4, 0.5) is 0 Å². The molecule has 2 aromatic rings. The van der Waals surface area contributed by atoms with Crippen molar-refractivity contribution >= 4 is 40.4 Å². The summed E-state index contributed by atoms with van der Waals surface area (Å²) in [7, 11) is 0. The molecule has 20 heavy (non-hydrogen) atoms. The highest BCUT2D eigenvalue weighted by molar-refractivity contribution is 7.99. The van der Waals surface area contributed by atoms with E-state index in [0.29, 0.717) is 12.4 Å². The van der Waals surface area contributed by atoms with Gasteiger partial charge in [0.15, 0.2) is 0 Å². The van der Waals surface area contributed by atoms with Gasteiger partial charge in [0.05, 0.1) is 17.6 Å². The Hall–Kier alpha value is -1.05. The van der Waals surface area contributed by atoms with Gasteiger partial charge in [-0.25, -0.2) is 0 Å². The van der Waals surface area contributed by atoms with E-state index in [0.717, 1.165) is 14.8 Å². The Bertz CT molecular complexity index is 659. The molecule has 0 radical (unpaired) electrons. The van der Waals surface area contributed by atoms with Crippen molar-refractivity contribution in [3.05, 3.63) is 36.9 Å². The maximum Gasteiger partial charge on any atom is 0.310 e. The van der Waals surface area contributed by atoms with Crippen LogP contribution < -0.4 is 4.87 Å². The maximum atomic E-state index is 12.2. The molecule has 0 aromatic carbocycles. The number of ether oxygens (including phenoxy) is 1. The maximum absolute atomic E-state index is 12.2. The molecule has 3 heterocycles. The third-order valence-corrected chi connectivity index (χ3v) is 6.36. The molecule has 0 amide bonds. The van der Waals surface area contributed by atoms with Gasteiger partial charge in [-0.2, -0.15) is 0 Å². The molecule has 106 valence electrons. The molecule has 1 aliphatic rings. The van der Waals surface area contributed by atoms with E-state index in [9.17, 15) is 9.59 Å². The number of thioether (sulfide) groups is 1. The summed E-state index contributed by atoms with van der Waals surface area (Å²) in [4.78, 5) is 28.7. The number of carbonyl (C=O) groups is 1. The van der Waals surface area contributed by atoms with E-state index in [4.69, 9.17) is 4.74 Å². The van der Waals surface area contributed by atoms with Gasteiger partial charge in [-0.1, -0.05) is 17.4 Å². The van der Waals surface area contributed by atoms with Gasteiger partial charge in [-0.05, 0) is 18.4 Å². The van der Waals surface area contributed by atoms with Crippen LogP contribution in [0.2, 0.25) is 0 Å². The number of thiazole rings is 1. The summed E-state index contributed by atoms with van der Waals surface area (Å²) in [5.74, 6) is 0.179. The molecule has 0 saturated carbocycles. The first-order valence-electron chi connectivity index (χ1n) is 6.26. The number of aromatic amines is 1. The van der Waals surface area contributed by atoms with Crippen molar-refractivity contribution < 1.29 is 9.53 Å². The smallest absolute Gasteiger partial charge is 0.310 e. The van der Waals surface area contributed by atoms with E-state index in [2.05, 4.69) is 4.98 Å². The molecule has 3 rings (SSSR count). The van der Waals surface area contributed by atoms with Gasteiger partial charge in [0, 0.05) is 21.4 Å². The highest BCUT2D eigenvalue weighted by Gasteiger charge is 2.39. The Labute approximate surface area is 128 Å². The molecule has 0 saturated heterocycles. The van der Waals surface area contributed by atoms with E-state index in [-0.39, 0.29) is 22.7 Å². The van der Waals surface area contributed by atoms with Gasteiger partial charge >= 0.3 is 10.8 Å². The summed E-state index contributed by atoms with van der Waals surface area (Å²) >= 11 is 4.35. The van der Waals surface area contributed by atoms with E-state index < -0.39 is 0 Å².